The molecule has 3 aromatic carbocycles. The van der Waals surface area contributed by atoms with E-state index in [2.05, 4.69) is 10.2 Å². The first-order valence-electron chi connectivity index (χ1n) is 10.5. The second-order valence-electron chi connectivity index (χ2n) is 7.76. The summed E-state index contributed by atoms with van der Waals surface area (Å²) < 4.78 is 30.7. The number of nitrogens with zero attached hydrogens (tertiary/aromatic N) is 4. The Balaban J connectivity index is 1.60. The van der Waals surface area contributed by atoms with Crippen molar-refractivity contribution < 1.29 is 13.6 Å². The fraction of sp³-hybridized carbons (Fsp3) is 0.120. The van der Waals surface area contributed by atoms with Gasteiger partial charge in [-0.05, 0) is 36.8 Å². The number of ketones is 1. The van der Waals surface area contributed by atoms with Gasteiger partial charge in [-0.2, -0.15) is 0 Å². The highest BCUT2D eigenvalue weighted by Gasteiger charge is 2.24. The number of carbonyl (C=O) groups excluding carboxylic acids is 1. The summed E-state index contributed by atoms with van der Waals surface area (Å²) in [5.41, 5.74) is 1.13. The van der Waals surface area contributed by atoms with Crippen LogP contribution in [0.15, 0.2) is 82.7 Å². The highest BCUT2D eigenvalue weighted by atomic mass is 32.2. The van der Waals surface area contributed by atoms with Gasteiger partial charge < -0.3 is 0 Å². The number of halogens is 2. The molecule has 2 aromatic heterocycles. The number of benzene rings is 3. The van der Waals surface area contributed by atoms with Crippen LogP contribution in [0.2, 0.25) is 0 Å². The van der Waals surface area contributed by atoms with Crippen LogP contribution in [0.1, 0.15) is 22.8 Å². The van der Waals surface area contributed by atoms with E-state index in [1.165, 1.54) is 0 Å². The average molecular weight is 477 g/mol. The molecule has 6 nitrogen and oxygen atoms in total. The Bertz CT molecular complexity index is 1600. The molecule has 0 radical (unpaired) electrons. The molecule has 0 fully saturated rings. The highest BCUT2D eigenvalue weighted by molar-refractivity contribution is 8.00. The van der Waals surface area contributed by atoms with Crippen LogP contribution in [-0.4, -0.2) is 30.2 Å². The van der Waals surface area contributed by atoms with Crippen molar-refractivity contribution in [2.24, 2.45) is 0 Å². The minimum absolute atomic E-state index is 0.193. The van der Waals surface area contributed by atoms with Gasteiger partial charge in [-0.15, -0.1) is 10.2 Å². The fourth-order valence-corrected chi connectivity index (χ4v) is 4.76. The summed E-state index contributed by atoms with van der Waals surface area (Å²) in [4.78, 5) is 26.2. The van der Waals surface area contributed by atoms with Crippen LogP contribution in [0.3, 0.4) is 0 Å². The van der Waals surface area contributed by atoms with Gasteiger partial charge in [0.05, 0.1) is 28.3 Å². The number of hydrogen-bond donors (Lipinski definition) is 0. The number of thioether (sulfide) groups is 1. The predicted molar refractivity (Wildman–Crippen MR) is 126 cm³/mol. The molecular weight excluding hydrogens is 458 g/mol. The van der Waals surface area contributed by atoms with E-state index in [0.29, 0.717) is 34.4 Å². The van der Waals surface area contributed by atoms with E-state index in [4.69, 9.17) is 0 Å². The zero-order valence-electron chi connectivity index (χ0n) is 18.0. The van der Waals surface area contributed by atoms with Crippen LogP contribution in [-0.2, 0) is 6.54 Å². The molecule has 0 N–H and O–H groups in total. The van der Waals surface area contributed by atoms with E-state index in [1.54, 1.807) is 40.2 Å². The van der Waals surface area contributed by atoms with Crippen LogP contribution in [0, 0.1) is 11.6 Å². The molecule has 1 unspecified atom stereocenters. The average Bonchev–Trinajstić information content (AvgIpc) is 3.25. The van der Waals surface area contributed by atoms with E-state index in [-0.39, 0.29) is 11.1 Å². The largest absolute Gasteiger partial charge is 0.293 e. The smallest absolute Gasteiger partial charge is 0.263 e. The summed E-state index contributed by atoms with van der Waals surface area (Å²) in [5, 5.41) is 8.64. The summed E-state index contributed by atoms with van der Waals surface area (Å²) >= 11 is 1.10. The third-order valence-electron chi connectivity index (χ3n) is 5.51. The molecule has 0 bridgehead atoms. The first kappa shape index (κ1) is 22.0. The second kappa shape index (κ2) is 8.83. The van der Waals surface area contributed by atoms with Gasteiger partial charge in [0.2, 0.25) is 5.78 Å². The normalized spacial score (nSPS) is 12.3. The zero-order chi connectivity index (χ0) is 23.8. The zero-order valence-corrected chi connectivity index (χ0v) is 18.8. The standard InChI is InChI=1S/C25H18F2N4O2S/c1-15(22(32)18-12-11-17(26)13-20(18)27)34-25-29-28-24-30(14-16-7-3-2-4-8-16)23(33)19-9-5-6-10-21(19)31(24)25/h2-13,15H,14H2,1H3. The maximum atomic E-state index is 14.2. The molecule has 170 valence electrons. The van der Waals surface area contributed by atoms with Crippen LogP contribution in [0.25, 0.3) is 16.7 Å². The van der Waals surface area contributed by atoms with E-state index < -0.39 is 22.7 Å². The molecule has 0 aliphatic rings. The van der Waals surface area contributed by atoms with E-state index in [0.717, 1.165) is 29.5 Å². The topological polar surface area (TPSA) is 69.3 Å². The van der Waals surface area contributed by atoms with Crippen LogP contribution >= 0.6 is 11.8 Å². The second-order valence-corrected chi connectivity index (χ2v) is 9.07. The molecule has 0 saturated carbocycles. The molecule has 34 heavy (non-hydrogen) atoms. The van der Waals surface area contributed by atoms with Crippen molar-refractivity contribution in [3.8, 4) is 0 Å². The van der Waals surface area contributed by atoms with Gasteiger partial charge in [0.1, 0.15) is 11.6 Å². The first-order chi connectivity index (χ1) is 16.4. The number of hydrogen-bond acceptors (Lipinski definition) is 5. The van der Waals surface area contributed by atoms with Gasteiger partial charge in [0.15, 0.2) is 10.9 Å². The molecule has 0 spiro atoms. The van der Waals surface area contributed by atoms with Crippen molar-refractivity contribution in [1.29, 1.82) is 0 Å². The Labute approximate surface area is 196 Å². The number of para-hydroxylation sites is 1. The molecule has 2 heterocycles. The summed E-state index contributed by atoms with van der Waals surface area (Å²) in [6.45, 7) is 1.92. The number of carbonyl (C=O) groups is 1. The fourth-order valence-electron chi connectivity index (χ4n) is 3.84. The Hall–Kier alpha value is -3.85. The van der Waals surface area contributed by atoms with Crippen LogP contribution in [0.5, 0.6) is 0 Å². The number of aromatic nitrogens is 4. The number of fused-ring (bicyclic) bond motifs is 3. The molecule has 0 aliphatic heterocycles. The molecule has 0 aliphatic carbocycles. The van der Waals surface area contributed by atoms with Gasteiger partial charge in [0, 0.05) is 6.07 Å². The Morgan fingerprint density at radius 1 is 1.00 bits per heavy atom. The number of Topliss-reactive ketones (excluding diaryl/α,β-unsaturated/α-hetero) is 1. The minimum atomic E-state index is -0.911. The maximum absolute atomic E-state index is 14.2. The summed E-state index contributed by atoms with van der Waals surface area (Å²) in [6.07, 6.45) is 0. The lowest BCUT2D eigenvalue weighted by atomic mass is 10.1. The molecule has 5 aromatic rings. The van der Waals surface area contributed by atoms with Gasteiger partial charge in [-0.3, -0.25) is 18.6 Å². The van der Waals surface area contributed by atoms with Crippen molar-refractivity contribution >= 4 is 34.2 Å². The van der Waals surface area contributed by atoms with Crippen molar-refractivity contribution in [1.82, 2.24) is 19.2 Å². The maximum Gasteiger partial charge on any atom is 0.263 e. The van der Waals surface area contributed by atoms with E-state index in [9.17, 15) is 18.4 Å². The number of rotatable bonds is 6. The van der Waals surface area contributed by atoms with Crippen molar-refractivity contribution in [2.75, 3.05) is 0 Å². The molecule has 1 atom stereocenters. The first-order valence-corrected chi connectivity index (χ1v) is 11.4. The lowest BCUT2D eigenvalue weighted by Crippen LogP contribution is -2.24. The van der Waals surface area contributed by atoms with Gasteiger partial charge in [0.25, 0.3) is 5.56 Å². The predicted octanol–water partition coefficient (Wildman–Crippen LogP) is 4.73. The summed E-state index contributed by atoms with van der Waals surface area (Å²) in [5.74, 6) is -1.82. The molecule has 5 rings (SSSR count). The molecule has 0 saturated heterocycles. The van der Waals surface area contributed by atoms with E-state index >= 15 is 0 Å². The van der Waals surface area contributed by atoms with Gasteiger partial charge in [-0.1, -0.05) is 54.2 Å². The SMILES string of the molecule is CC(Sc1nnc2n(Cc3ccccc3)c(=O)c3ccccc3n12)C(=O)c1ccc(F)cc1F. The Morgan fingerprint density at radius 3 is 2.50 bits per heavy atom. The van der Waals surface area contributed by atoms with E-state index in [1.807, 2.05) is 30.3 Å². The van der Waals surface area contributed by atoms with Gasteiger partial charge in [-0.25, -0.2) is 8.78 Å². The van der Waals surface area contributed by atoms with Gasteiger partial charge >= 0.3 is 0 Å². The van der Waals surface area contributed by atoms with Crippen LogP contribution in [0.4, 0.5) is 8.78 Å². The summed E-state index contributed by atoms with van der Waals surface area (Å²) in [6, 6.07) is 19.5. The summed E-state index contributed by atoms with van der Waals surface area (Å²) in [7, 11) is 0. The van der Waals surface area contributed by atoms with Crippen molar-refractivity contribution in [3.05, 3.63) is 106 Å². The Morgan fingerprint density at radius 2 is 1.74 bits per heavy atom. The van der Waals surface area contributed by atoms with Crippen LogP contribution < -0.4 is 5.56 Å². The lowest BCUT2D eigenvalue weighted by molar-refractivity contribution is 0.0990. The minimum Gasteiger partial charge on any atom is -0.293 e. The third-order valence-corrected chi connectivity index (χ3v) is 6.55. The lowest BCUT2D eigenvalue weighted by Gasteiger charge is -2.13. The Kier molecular flexibility index (Phi) is 5.70. The highest BCUT2D eigenvalue weighted by Crippen LogP contribution is 2.28. The quantitative estimate of drug-likeness (QED) is 0.262. The third kappa shape index (κ3) is 3.88. The molecule has 0 amide bonds. The monoisotopic (exact) mass is 476 g/mol. The molecule has 9 heteroatoms. The van der Waals surface area contributed by atoms with Crippen molar-refractivity contribution in [3.63, 3.8) is 0 Å². The molecular formula is C25H18F2N4O2S. The van der Waals surface area contributed by atoms with Crippen molar-refractivity contribution in [2.45, 2.75) is 23.9 Å².